The minimum absolute atomic E-state index is 0.274. The molecule has 6 heteroatoms. The lowest BCUT2D eigenvalue weighted by atomic mass is 9.97. The van der Waals surface area contributed by atoms with Crippen LogP contribution in [0.1, 0.15) is 29.1 Å². The van der Waals surface area contributed by atoms with Gasteiger partial charge in [-0.1, -0.05) is 11.8 Å². The van der Waals surface area contributed by atoms with E-state index >= 15 is 0 Å². The molecule has 2 N–H and O–H groups in total. The zero-order valence-corrected chi connectivity index (χ0v) is 12.4. The van der Waals surface area contributed by atoms with Gasteiger partial charge in [0.15, 0.2) is 0 Å². The Morgan fingerprint density at radius 1 is 1.37 bits per heavy atom. The van der Waals surface area contributed by atoms with Gasteiger partial charge in [-0.05, 0) is 38.2 Å². The number of fused-ring (bicyclic) bond motifs is 3. The summed E-state index contributed by atoms with van der Waals surface area (Å²) in [7, 11) is 0. The molecule has 0 atom stereocenters. The van der Waals surface area contributed by atoms with E-state index in [0.29, 0.717) is 0 Å². The third kappa shape index (κ3) is 2.47. The molecule has 2 heterocycles. The van der Waals surface area contributed by atoms with Gasteiger partial charge in [-0.2, -0.15) is 0 Å². The van der Waals surface area contributed by atoms with Gasteiger partial charge in [-0.15, -0.1) is 11.3 Å². The maximum absolute atomic E-state index is 11.0. The SMILES string of the molecule is Cc1nc(SCC(N)=O)c2c3c(sc2n1)CCCC3. The highest BCUT2D eigenvalue weighted by Crippen LogP contribution is 2.39. The van der Waals surface area contributed by atoms with Crippen molar-refractivity contribution >= 4 is 39.2 Å². The van der Waals surface area contributed by atoms with Crippen molar-refractivity contribution in [2.75, 3.05) is 5.75 Å². The summed E-state index contributed by atoms with van der Waals surface area (Å²) in [4.78, 5) is 22.5. The maximum atomic E-state index is 11.0. The lowest BCUT2D eigenvalue weighted by molar-refractivity contribution is -0.115. The number of nitrogens with two attached hydrogens (primary N) is 1. The molecule has 0 saturated carbocycles. The highest BCUT2D eigenvalue weighted by Gasteiger charge is 2.20. The zero-order chi connectivity index (χ0) is 13.4. The Morgan fingerprint density at radius 2 is 2.16 bits per heavy atom. The Kier molecular flexibility index (Phi) is 3.45. The predicted molar refractivity (Wildman–Crippen MR) is 78.7 cm³/mol. The first-order chi connectivity index (χ1) is 9.15. The van der Waals surface area contributed by atoms with Crippen molar-refractivity contribution < 1.29 is 4.79 Å². The first-order valence-electron chi connectivity index (χ1n) is 6.35. The number of thioether (sulfide) groups is 1. The van der Waals surface area contributed by atoms with Gasteiger partial charge in [0.1, 0.15) is 15.7 Å². The van der Waals surface area contributed by atoms with E-state index in [1.54, 1.807) is 11.3 Å². The van der Waals surface area contributed by atoms with Crippen molar-refractivity contribution in [1.82, 2.24) is 9.97 Å². The number of hydrogen-bond donors (Lipinski definition) is 1. The molecule has 0 spiro atoms. The number of thiophene rings is 1. The van der Waals surface area contributed by atoms with E-state index in [9.17, 15) is 4.79 Å². The Bertz CT molecular complexity index is 651. The second-order valence-corrected chi connectivity index (χ2v) is 6.77. The largest absolute Gasteiger partial charge is 0.369 e. The number of primary amides is 1. The van der Waals surface area contributed by atoms with E-state index in [1.165, 1.54) is 35.0 Å². The van der Waals surface area contributed by atoms with Gasteiger partial charge in [0.2, 0.25) is 5.91 Å². The fourth-order valence-corrected chi connectivity index (χ4v) is 4.68. The quantitative estimate of drug-likeness (QED) is 0.697. The van der Waals surface area contributed by atoms with Crippen LogP contribution in [0.3, 0.4) is 0 Å². The van der Waals surface area contributed by atoms with Gasteiger partial charge < -0.3 is 5.73 Å². The average Bonchev–Trinajstić information content (AvgIpc) is 2.73. The minimum atomic E-state index is -0.307. The molecule has 1 aliphatic rings. The lowest BCUT2D eigenvalue weighted by Gasteiger charge is -2.11. The molecule has 0 aliphatic heterocycles. The molecule has 0 radical (unpaired) electrons. The van der Waals surface area contributed by atoms with Gasteiger partial charge in [-0.25, -0.2) is 9.97 Å². The Hall–Kier alpha value is -1.14. The topological polar surface area (TPSA) is 68.9 Å². The molecule has 2 aromatic rings. The summed E-state index contributed by atoms with van der Waals surface area (Å²) in [6, 6.07) is 0. The minimum Gasteiger partial charge on any atom is -0.369 e. The van der Waals surface area contributed by atoms with Crippen molar-refractivity contribution in [2.24, 2.45) is 5.73 Å². The second-order valence-electron chi connectivity index (χ2n) is 4.72. The van der Waals surface area contributed by atoms with Crippen molar-refractivity contribution in [3.63, 3.8) is 0 Å². The molecule has 2 aromatic heterocycles. The van der Waals surface area contributed by atoms with Crippen LogP contribution in [-0.2, 0) is 17.6 Å². The molecular formula is C13H15N3OS2. The number of carbonyl (C=O) groups is 1. The van der Waals surface area contributed by atoms with Crippen LogP contribution >= 0.6 is 23.1 Å². The van der Waals surface area contributed by atoms with E-state index in [0.717, 1.165) is 33.9 Å². The molecule has 19 heavy (non-hydrogen) atoms. The monoisotopic (exact) mass is 293 g/mol. The number of nitrogens with zero attached hydrogens (tertiary/aromatic N) is 2. The summed E-state index contributed by atoms with van der Waals surface area (Å²) >= 11 is 3.21. The van der Waals surface area contributed by atoms with Crippen molar-refractivity contribution in [3.8, 4) is 0 Å². The van der Waals surface area contributed by atoms with E-state index in [-0.39, 0.29) is 11.7 Å². The van der Waals surface area contributed by atoms with Crippen LogP contribution in [-0.4, -0.2) is 21.6 Å². The number of aromatic nitrogens is 2. The van der Waals surface area contributed by atoms with Gasteiger partial charge >= 0.3 is 0 Å². The molecule has 0 unspecified atom stereocenters. The summed E-state index contributed by atoms with van der Waals surface area (Å²) in [6.45, 7) is 1.90. The number of amides is 1. The van der Waals surface area contributed by atoms with Crippen LogP contribution in [0.25, 0.3) is 10.2 Å². The number of aryl methyl sites for hydroxylation is 3. The second kappa shape index (κ2) is 5.09. The first kappa shape index (κ1) is 12.9. The first-order valence-corrected chi connectivity index (χ1v) is 8.15. The fourth-order valence-electron chi connectivity index (χ4n) is 2.47. The standard InChI is InChI=1S/C13H15N3OS2/c1-7-15-12(18-6-10(14)17)11-8-4-2-3-5-9(8)19-13(11)16-7/h2-6H2,1H3,(H2,14,17). The molecular weight excluding hydrogens is 278 g/mol. The smallest absolute Gasteiger partial charge is 0.227 e. The predicted octanol–water partition coefficient (Wildman–Crippen LogP) is 2.46. The molecule has 3 rings (SSSR count). The molecule has 0 bridgehead atoms. The lowest BCUT2D eigenvalue weighted by Crippen LogP contribution is -2.13. The van der Waals surface area contributed by atoms with Crippen LogP contribution in [0.5, 0.6) is 0 Å². The van der Waals surface area contributed by atoms with Gasteiger partial charge in [0.25, 0.3) is 0 Å². The fraction of sp³-hybridized carbons (Fsp3) is 0.462. The molecule has 1 amide bonds. The van der Waals surface area contributed by atoms with Gasteiger partial charge in [0.05, 0.1) is 5.75 Å². The van der Waals surface area contributed by atoms with Crippen LogP contribution in [0.15, 0.2) is 5.03 Å². The average molecular weight is 293 g/mol. The highest BCUT2D eigenvalue weighted by atomic mass is 32.2. The van der Waals surface area contributed by atoms with Crippen molar-refractivity contribution in [3.05, 3.63) is 16.3 Å². The normalized spacial score (nSPS) is 14.6. The van der Waals surface area contributed by atoms with E-state index < -0.39 is 0 Å². The van der Waals surface area contributed by atoms with Crippen LogP contribution in [0.4, 0.5) is 0 Å². The number of hydrogen-bond acceptors (Lipinski definition) is 5. The summed E-state index contributed by atoms with van der Waals surface area (Å²) in [5.41, 5.74) is 6.64. The molecule has 0 fully saturated rings. The molecule has 0 aromatic carbocycles. The summed E-state index contributed by atoms with van der Waals surface area (Å²) in [5.74, 6) is 0.729. The molecule has 0 saturated heterocycles. The molecule has 100 valence electrons. The third-order valence-corrected chi connectivity index (χ3v) is 5.43. The van der Waals surface area contributed by atoms with Gasteiger partial charge in [0, 0.05) is 10.3 Å². The maximum Gasteiger partial charge on any atom is 0.227 e. The van der Waals surface area contributed by atoms with E-state index in [4.69, 9.17) is 5.73 Å². The highest BCUT2D eigenvalue weighted by molar-refractivity contribution is 8.00. The van der Waals surface area contributed by atoms with Crippen LogP contribution < -0.4 is 5.73 Å². The molecule has 4 nitrogen and oxygen atoms in total. The van der Waals surface area contributed by atoms with Crippen LogP contribution in [0, 0.1) is 6.92 Å². The van der Waals surface area contributed by atoms with Gasteiger partial charge in [-0.3, -0.25) is 4.79 Å². The van der Waals surface area contributed by atoms with Crippen molar-refractivity contribution in [1.29, 1.82) is 0 Å². The number of rotatable bonds is 3. The zero-order valence-electron chi connectivity index (χ0n) is 10.7. The van der Waals surface area contributed by atoms with E-state index in [1.807, 2.05) is 6.92 Å². The Balaban J connectivity index is 2.13. The Morgan fingerprint density at radius 3 is 2.95 bits per heavy atom. The Labute approximate surface area is 119 Å². The summed E-state index contributed by atoms with van der Waals surface area (Å²) in [5, 5.41) is 2.08. The van der Waals surface area contributed by atoms with Crippen molar-refractivity contribution in [2.45, 2.75) is 37.6 Å². The third-order valence-electron chi connectivity index (χ3n) is 3.24. The van der Waals surface area contributed by atoms with Crippen LogP contribution in [0.2, 0.25) is 0 Å². The summed E-state index contributed by atoms with van der Waals surface area (Å²) < 4.78 is 0. The van der Waals surface area contributed by atoms with E-state index in [2.05, 4.69) is 9.97 Å². The summed E-state index contributed by atoms with van der Waals surface area (Å²) in [6.07, 6.45) is 4.74. The molecule has 1 aliphatic carbocycles. The number of carbonyl (C=O) groups excluding carboxylic acids is 1.